The lowest BCUT2D eigenvalue weighted by atomic mass is 10.0. The van der Waals surface area contributed by atoms with Crippen LogP contribution < -0.4 is 0 Å². The number of nitrogens with zero attached hydrogens (tertiary/aromatic N) is 1. The molecule has 0 spiro atoms. The van der Waals surface area contributed by atoms with Gasteiger partial charge in [-0.2, -0.15) is 5.26 Å². The van der Waals surface area contributed by atoms with Crippen LogP contribution in [0.1, 0.15) is 44.7 Å². The maximum Gasteiger partial charge on any atom is 0.134 e. The summed E-state index contributed by atoms with van der Waals surface area (Å²) in [5.41, 5.74) is 2.44. The largest absolute Gasteiger partial charge is 0.362 e. The predicted molar refractivity (Wildman–Crippen MR) is 67.1 cm³/mol. The molecule has 1 aromatic rings. The Hall–Kier alpha value is -1.33. The number of ether oxygens (including phenoxy) is 1. The van der Waals surface area contributed by atoms with Crippen molar-refractivity contribution < 1.29 is 4.74 Å². The van der Waals surface area contributed by atoms with E-state index >= 15 is 0 Å². The molecule has 0 unspecified atom stereocenters. The van der Waals surface area contributed by atoms with Crippen LogP contribution in [-0.4, -0.2) is 6.61 Å². The van der Waals surface area contributed by atoms with Gasteiger partial charge in [0.2, 0.25) is 0 Å². The molecule has 0 aliphatic rings. The monoisotopic (exact) mass is 219 g/mol. The van der Waals surface area contributed by atoms with Gasteiger partial charge in [0.1, 0.15) is 6.61 Å². The highest BCUT2D eigenvalue weighted by Gasteiger charge is 1.98. The topological polar surface area (TPSA) is 33.0 Å². The van der Waals surface area contributed by atoms with Gasteiger partial charge in [-0.3, -0.25) is 0 Å². The first-order valence-corrected chi connectivity index (χ1v) is 5.77. The van der Waals surface area contributed by atoms with Crippen LogP contribution in [0.15, 0.2) is 24.3 Å². The van der Waals surface area contributed by atoms with E-state index in [1.807, 2.05) is 32.0 Å². The summed E-state index contributed by atoms with van der Waals surface area (Å²) in [5.74, 6) is 0.559. The average molecular weight is 219 g/mol. The Morgan fingerprint density at radius 3 is 2.19 bits per heavy atom. The predicted octanol–water partition coefficient (Wildman–Crippen LogP) is 3.88. The van der Waals surface area contributed by atoms with Crippen molar-refractivity contribution in [2.45, 2.75) is 40.2 Å². The van der Waals surface area contributed by atoms with Crippen LogP contribution in [0.25, 0.3) is 0 Å². The van der Waals surface area contributed by atoms with E-state index in [0.717, 1.165) is 5.56 Å². The Morgan fingerprint density at radius 1 is 1.19 bits per heavy atom. The zero-order chi connectivity index (χ0) is 12.4. The van der Waals surface area contributed by atoms with Gasteiger partial charge in [-0.05, 0) is 17.0 Å². The number of benzene rings is 1. The normalized spacial score (nSPS) is 9.25. The van der Waals surface area contributed by atoms with E-state index in [9.17, 15) is 0 Å². The summed E-state index contributed by atoms with van der Waals surface area (Å²) in [7, 11) is 0. The fourth-order valence-electron chi connectivity index (χ4n) is 1.21. The number of hydrogen-bond acceptors (Lipinski definition) is 2. The van der Waals surface area contributed by atoms with Crippen molar-refractivity contribution >= 4 is 0 Å². The molecular formula is C14H21NO. The third-order valence-electron chi connectivity index (χ3n) is 2.08. The molecule has 0 N–H and O–H groups in total. The summed E-state index contributed by atoms with van der Waals surface area (Å²) in [6.45, 7) is 9.01. The van der Waals surface area contributed by atoms with E-state index in [-0.39, 0.29) is 6.61 Å². The highest BCUT2D eigenvalue weighted by atomic mass is 16.5. The molecule has 0 heterocycles. The van der Waals surface area contributed by atoms with Gasteiger partial charge in [0.05, 0.1) is 12.7 Å². The summed E-state index contributed by atoms with van der Waals surface area (Å²) in [6, 6.07) is 10.3. The van der Waals surface area contributed by atoms with E-state index in [0.29, 0.717) is 12.5 Å². The van der Waals surface area contributed by atoms with Crippen LogP contribution in [0.2, 0.25) is 0 Å². The molecule has 0 radical (unpaired) electrons. The van der Waals surface area contributed by atoms with Crippen LogP contribution in [0.4, 0.5) is 0 Å². The molecule has 2 nitrogen and oxygen atoms in total. The van der Waals surface area contributed by atoms with Crippen LogP contribution >= 0.6 is 0 Å². The van der Waals surface area contributed by atoms with Crippen LogP contribution in [-0.2, 0) is 11.3 Å². The molecule has 2 heteroatoms. The van der Waals surface area contributed by atoms with Gasteiger partial charge in [-0.25, -0.2) is 0 Å². The first-order chi connectivity index (χ1) is 7.74. The lowest BCUT2D eigenvalue weighted by Gasteiger charge is -2.06. The maximum absolute atomic E-state index is 8.29. The Kier molecular flexibility index (Phi) is 8.19. The molecule has 0 aromatic heterocycles. The smallest absolute Gasteiger partial charge is 0.134 e. The molecular weight excluding hydrogens is 198 g/mol. The molecule has 0 saturated carbocycles. The number of hydrogen-bond donors (Lipinski definition) is 0. The van der Waals surface area contributed by atoms with Gasteiger partial charge >= 0.3 is 0 Å². The second-order valence-electron chi connectivity index (χ2n) is 3.55. The summed E-state index contributed by atoms with van der Waals surface area (Å²) >= 11 is 0. The Labute approximate surface area is 98.9 Å². The van der Waals surface area contributed by atoms with Crippen LogP contribution in [0.5, 0.6) is 0 Å². The van der Waals surface area contributed by atoms with Crippen molar-refractivity contribution in [2.24, 2.45) is 0 Å². The minimum absolute atomic E-state index is 0.159. The van der Waals surface area contributed by atoms with Crippen LogP contribution in [0.3, 0.4) is 0 Å². The summed E-state index contributed by atoms with van der Waals surface area (Å²) in [5, 5.41) is 8.29. The molecule has 16 heavy (non-hydrogen) atoms. The molecule has 0 fully saturated rings. The van der Waals surface area contributed by atoms with Gasteiger partial charge in [0, 0.05) is 0 Å². The molecule has 0 atom stereocenters. The lowest BCUT2D eigenvalue weighted by molar-refractivity contribution is 0.152. The molecule has 0 aliphatic heterocycles. The SMILES string of the molecule is CC.CC(C)c1ccc(COCC#N)cc1. The van der Waals surface area contributed by atoms with E-state index < -0.39 is 0 Å². The van der Waals surface area contributed by atoms with Crippen molar-refractivity contribution in [1.29, 1.82) is 5.26 Å². The molecule has 0 bridgehead atoms. The maximum atomic E-state index is 8.29. The molecule has 0 amide bonds. The summed E-state index contributed by atoms with van der Waals surface area (Å²) in [4.78, 5) is 0. The Morgan fingerprint density at radius 2 is 1.75 bits per heavy atom. The van der Waals surface area contributed by atoms with E-state index in [1.54, 1.807) is 0 Å². The average Bonchev–Trinajstić information content (AvgIpc) is 2.33. The fraction of sp³-hybridized carbons (Fsp3) is 0.500. The standard InChI is InChI=1S/C12H15NO.C2H6/c1-10(2)12-5-3-11(4-6-12)9-14-8-7-13;1-2/h3-6,10H,8-9H2,1-2H3;1-2H3. The molecule has 88 valence electrons. The van der Waals surface area contributed by atoms with Gasteiger partial charge in [-0.1, -0.05) is 52.0 Å². The quantitative estimate of drug-likeness (QED) is 0.720. The minimum atomic E-state index is 0.159. The second kappa shape index (κ2) is 8.94. The van der Waals surface area contributed by atoms with Gasteiger partial charge < -0.3 is 4.74 Å². The molecule has 0 saturated heterocycles. The van der Waals surface area contributed by atoms with E-state index in [1.165, 1.54) is 5.56 Å². The van der Waals surface area contributed by atoms with Crippen molar-refractivity contribution in [3.63, 3.8) is 0 Å². The first-order valence-electron chi connectivity index (χ1n) is 5.77. The van der Waals surface area contributed by atoms with E-state index in [2.05, 4.69) is 26.0 Å². The fourth-order valence-corrected chi connectivity index (χ4v) is 1.21. The zero-order valence-corrected chi connectivity index (χ0v) is 10.7. The lowest BCUT2D eigenvalue weighted by Crippen LogP contribution is -1.94. The number of rotatable bonds is 4. The van der Waals surface area contributed by atoms with Gasteiger partial charge in [0.15, 0.2) is 0 Å². The molecule has 1 rings (SSSR count). The highest BCUT2D eigenvalue weighted by Crippen LogP contribution is 2.14. The zero-order valence-electron chi connectivity index (χ0n) is 10.7. The van der Waals surface area contributed by atoms with Crippen molar-refractivity contribution in [1.82, 2.24) is 0 Å². The first kappa shape index (κ1) is 14.7. The van der Waals surface area contributed by atoms with Gasteiger partial charge in [0.25, 0.3) is 0 Å². The number of nitriles is 1. The molecule has 1 aromatic carbocycles. The van der Waals surface area contributed by atoms with Crippen molar-refractivity contribution in [3.8, 4) is 6.07 Å². The summed E-state index contributed by atoms with van der Waals surface area (Å²) < 4.78 is 5.11. The molecule has 0 aliphatic carbocycles. The van der Waals surface area contributed by atoms with Gasteiger partial charge in [-0.15, -0.1) is 0 Å². The third-order valence-corrected chi connectivity index (χ3v) is 2.08. The van der Waals surface area contributed by atoms with Crippen molar-refractivity contribution in [2.75, 3.05) is 6.61 Å². The second-order valence-corrected chi connectivity index (χ2v) is 3.55. The van der Waals surface area contributed by atoms with Crippen molar-refractivity contribution in [3.05, 3.63) is 35.4 Å². The Balaban J connectivity index is 0.00000106. The Bertz CT molecular complexity index is 309. The third kappa shape index (κ3) is 5.53. The minimum Gasteiger partial charge on any atom is -0.362 e. The van der Waals surface area contributed by atoms with E-state index in [4.69, 9.17) is 10.00 Å². The summed E-state index contributed by atoms with van der Waals surface area (Å²) in [6.07, 6.45) is 0. The highest BCUT2D eigenvalue weighted by molar-refractivity contribution is 5.24. The van der Waals surface area contributed by atoms with Crippen LogP contribution in [0, 0.1) is 11.3 Å².